The van der Waals surface area contributed by atoms with Gasteiger partial charge in [0, 0.05) is 42.8 Å². The van der Waals surface area contributed by atoms with Crippen LogP contribution in [0.25, 0.3) is 32.3 Å². The summed E-state index contributed by atoms with van der Waals surface area (Å²) >= 11 is 1.94. The van der Waals surface area contributed by atoms with Gasteiger partial charge in [0.1, 0.15) is 13.2 Å². The topological polar surface area (TPSA) is 121 Å². The third-order valence-electron chi connectivity index (χ3n) is 9.84. The lowest BCUT2D eigenvalue weighted by molar-refractivity contribution is 0.0465. The minimum atomic E-state index is -1.33. The van der Waals surface area contributed by atoms with Crippen molar-refractivity contribution in [3.63, 3.8) is 0 Å². The van der Waals surface area contributed by atoms with E-state index in [1.165, 1.54) is 31.2 Å². The monoisotopic (exact) mass is 858 g/mol. The molecule has 0 spiro atoms. The van der Waals surface area contributed by atoms with Crippen molar-refractivity contribution in [2.24, 2.45) is 0 Å². The fourth-order valence-corrected chi connectivity index (χ4v) is 9.25. The summed E-state index contributed by atoms with van der Waals surface area (Å²) in [5, 5.41) is 0.395. The van der Waals surface area contributed by atoms with E-state index < -0.39 is 52.6 Å². The molecule has 2 aromatic heterocycles. The lowest BCUT2D eigenvalue weighted by Gasteiger charge is -2.11. The molecule has 302 valence electrons. The largest absolute Gasteiger partial charge is 0.457 e. The van der Waals surface area contributed by atoms with E-state index in [1.54, 1.807) is 60.7 Å². The van der Waals surface area contributed by atoms with Gasteiger partial charge < -0.3 is 9.47 Å². The van der Waals surface area contributed by atoms with Crippen molar-refractivity contribution in [2.75, 3.05) is 0 Å². The number of aldehydes is 1. The van der Waals surface area contributed by atoms with Gasteiger partial charge in [-0.3, -0.25) is 19.2 Å². The van der Waals surface area contributed by atoms with Crippen molar-refractivity contribution in [3.8, 4) is 0 Å². The molecule has 0 unspecified atom stereocenters. The number of esters is 2. The number of ether oxygens (including phenoxy) is 2. The molecule has 8 nitrogen and oxygen atoms in total. The maximum atomic E-state index is 14.3. The number of Topliss-reactive ketones (excluding diaryl/α,β-unsaturated/α-hetero) is 3. The number of allylic oxidation sites excluding steroid dienone is 2. The first kappa shape index (κ1) is 40.6. The van der Waals surface area contributed by atoms with Gasteiger partial charge in [-0.2, -0.15) is 0 Å². The summed E-state index contributed by atoms with van der Waals surface area (Å²) in [6, 6.07) is 23.2. The quantitative estimate of drug-likeness (QED) is 0.0315. The van der Waals surface area contributed by atoms with Gasteiger partial charge in [0.15, 0.2) is 46.9 Å². The first-order valence-corrected chi connectivity index (χ1v) is 19.9. The Kier molecular flexibility index (Phi) is 11.0. The van der Waals surface area contributed by atoms with E-state index in [0.717, 1.165) is 22.7 Å². The Morgan fingerprint density at radius 2 is 1.08 bits per heavy atom. The molecule has 0 aliphatic heterocycles. The van der Waals surface area contributed by atoms with Crippen LogP contribution in [0.3, 0.4) is 0 Å². The Bertz CT molecular complexity index is 2940. The van der Waals surface area contributed by atoms with Crippen LogP contribution >= 0.6 is 22.7 Å². The number of benzene rings is 5. The Balaban J connectivity index is 1.31. The zero-order chi connectivity index (χ0) is 43.1. The van der Waals surface area contributed by atoms with Crippen molar-refractivity contribution >= 4 is 90.6 Å². The number of ketones is 3. The first-order chi connectivity index (χ1) is 29.3. The molecule has 2 heterocycles. The molecule has 5 aromatic carbocycles. The number of carbonyl (C=O) groups excluding carboxylic acids is 6. The number of hydrogen-bond acceptors (Lipinski definition) is 10. The summed E-state index contributed by atoms with van der Waals surface area (Å²) < 4.78 is 68.5. The number of hydrogen-bond donors (Lipinski definition) is 0. The van der Waals surface area contributed by atoms with E-state index in [2.05, 4.69) is 0 Å². The van der Waals surface area contributed by atoms with E-state index in [0.29, 0.717) is 40.3 Å². The molecule has 61 heavy (non-hydrogen) atoms. The van der Waals surface area contributed by atoms with Crippen LogP contribution < -0.4 is 0 Å². The molecule has 0 saturated carbocycles. The second kappa shape index (κ2) is 16.5. The standard InChI is InChI=1S/C47H26F4O8S2/c1-23(41(53)29-17-36(49)35(48)13-26(29)20-52)12-27-14-32-39(46(56)58-21-24-8-4-2-5-9-24)45-33(40(44(32)60-27)47(57)59-22-25-10-6-3-7-11-25)15-28(61-45)16-34-42(54)30-18-37(50)38(51)19-31(30)43(34)55/h2-20H,21-22H2,1H3/b23-12+. The predicted molar refractivity (Wildman–Crippen MR) is 221 cm³/mol. The molecule has 0 saturated heterocycles. The van der Waals surface area contributed by atoms with Crippen molar-refractivity contribution in [2.45, 2.75) is 20.1 Å². The average molecular weight is 859 g/mol. The number of thiophene rings is 2. The highest BCUT2D eigenvalue weighted by Gasteiger charge is 2.35. The van der Waals surface area contributed by atoms with Gasteiger partial charge in [-0.1, -0.05) is 60.7 Å². The van der Waals surface area contributed by atoms with E-state index >= 15 is 0 Å². The van der Waals surface area contributed by atoms with Crippen LogP contribution in [0.5, 0.6) is 0 Å². The molecule has 0 atom stereocenters. The predicted octanol–water partition coefficient (Wildman–Crippen LogP) is 10.9. The molecule has 14 heteroatoms. The Morgan fingerprint density at radius 3 is 1.59 bits per heavy atom. The first-order valence-electron chi connectivity index (χ1n) is 18.3. The SMILES string of the molecule is C/C(=C\c1cc2c(C(=O)OCc3ccccc3)c3sc(C=C4C(=O)c5cc(F)c(F)cc5C4=O)cc3c(C(=O)OCc3ccccc3)c2s1)C(=O)c1cc(F)c(F)cc1C=O. The number of rotatable bonds is 11. The summed E-state index contributed by atoms with van der Waals surface area (Å²) in [4.78, 5) is 81.1. The number of carbonyl (C=O) groups is 6. The number of fused-ring (bicyclic) bond motifs is 3. The third-order valence-corrected chi connectivity index (χ3v) is 12.0. The molecule has 0 radical (unpaired) electrons. The second-order valence-electron chi connectivity index (χ2n) is 13.8. The molecular weight excluding hydrogens is 833 g/mol. The molecule has 0 bridgehead atoms. The van der Waals surface area contributed by atoms with Crippen LogP contribution in [-0.4, -0.2) is 35.6 Å². The summed E-state index contributed by atoms with van der Waals surface area (Å²) in [5.41, 5.74) is -0.421. The van der Waals surface area contributed by atoms with Crippen molar-refractivity contribution in [3.05, 3.63) is 186 Å². The van der Waals surface area contributed by atoms with E-state index in [-0.39, 0.29) is 89.1 Å². The van der Waals surface area contributed by atoms with Gasteiger partial charge >= 0.3 is 11.9 Å². The van der Waals surface area contributed by atoms with Crippen LogP contribution in [0.2, 0.25) is 0 Å². The van der Waals surface area contributed by atoms with Crippen LogP contribution in [-0.2, 0) is 22.7 Å². The van der Waals surface area contributed by atoms with Gasteiger partial charge in [-0.05, 0) is 72.2 Å². The smallest absolute Gasteiger partial charge is 0.340 e. The molecule has 1 aliphatic carbocycles. The normalized spacial score (nSPS) is 12.5. The zero-order valence-electron chi connectivity index (χ0n) is 31.5. The lowest BCUT2D eigenvalue weighted by atomic mass is 9.98. The van der Waals surface area contributed by atoms with Gasteiger partial charge in [-0.15, -0.1) is 22.7 Å². The third kappa shape index (κ3) is 7.74. The molecule has 0 amide bonds. The zero-order valence-corrected chi connectivity index (χ0v) is 33.1. The van der Waals surface area contributed by atoms with Crippen molar-refractivity contribution in [1.29, 1.82) is 0 Å². The van der Waals surface area contributed by atoms with Gasteiger partial charge in [0.2, 0.25) is 0 Å². The van der Waals surface area contributed by atoms with Crippen LogP contribution in [0.4, 0.5) is 17.6 Å². The highest BCUT2D eigenvalue weighted by atomic mass is 32.1. The van der Waals surface area contributed by atoms with Crippen LogP contribution in [0, 0.1) is 23.3 Å². The molecule has 1 aliphatic rings. The molecular formula is C47H26F4O8S2. The van der Waals surface area contributed by atoms with Crippen molar-refractivity contribution in [1.82, 2.24) is 0 Å². The fraction of sp³-hybridized carbons (Fsp3) is 0.0638. The van der Waals surface area contributed by atoms with Gasteiger partial charge in [0.25, 0.3) is 0 Å². The highest BCUT2D eigenvalue weighted by Crippen LogP contribution is 2.44. The lowest BCUT2D eigenvalue weighted by Crippen LogP contribution is -2.10. The second-order valence-corrected chi connectivity index (χ2v) is 16.0. The van der Waals surface area contributed by atoms with Crippen molar-refractivity contribution < 1.29 is 55.8 Å². The molecule has 7 aromatic rings. The summed E-state index contributed by atoms with van der Waals surface area (Å²) in [6.45, 7) is 1.12. The van der Waals surface area contributed by atoms with Crippen LogP contribution in [0.1, 0.15) is 90.0 Å². The van der Waals surface area contributed by atoms with E-state index in [4.69, 9.17) is 9.47 Å². The average Bonchev–Trinajstić information content (AvgIpc) is 3.93. The summed E-state index contributed by atoms with van der Waals surface area (Å²) in [5.74, 6) is -9.33. The number of halogens is 4. The van der Waals surface area contributed by atoms with E-state index in [1.807, 2.05) is 0 Å². The Labute approximate surface area is 351 Å². The van der Waals surface area contributed by atoms with Crippen LogP contribution in [0.15, 0.2) is 108 Å². The summed E-state index contributed by atoms with van der Waals surface area (Å²) in [6.07, 6.45) is 2.87. The summed E-state index contributed by atoms with van der Waals surface area (Å²) in [7, 11) is 0. The molecule has 0 fully saturated rings. The Morgan fingerprint density at radius 1 is 0.623 bits per heavy atom. The molecule has 0 N–H and O–H groups in total. The Hall–Kier alpha value is -7.16. The van der Waals surface area contributed by atoms with E-state index in [9.17, 15) is 46.3 Å². The maximum Gasteiger partial charge on any atom is 0.340 e. The minimum absolute atomic E-state index is 0.00412. The fourth-order valence-electron chi connectivity index (χ4n) is 6.88. The molecule has 8 rings (SSSR count). The highest BCUT2D eigenvalue weighted by molar-refractivity contribution is 7.22. The maximum absolute atomic E-state index is 14.3. The van der Waals surface area contributed by atoms with Gasteiger partial charge in [-0.25, -0.2) is 27.2 Å². The van der Waals surface area contributed by atoms with Gasteiger partial charge in [0.05, 0.1) is 26.1 Å². The minimum Gasteiger partial charge on any atom is -0.457 e.